The molecule has 1 fully saturated rings. The van der Waals surface area contributed by atoms with Gasteiger partial charge < -0.3 is 20.4 Å². The molecule has 0 aliphatic carbocycles. The Morgan fingerprint density at radius 3 is 2.55 bits per heavy atom. The van der Waals surface area contributed by atoms with Gasteiger partial charge in [0.15, 0.2) is 0 Å². The molecule has 31 heavy (non-hydrogen) atoms. The Morgan fingerprint density at radius 1 is 1.03 bits per heavy atom. The van der Waals surface area contributed by atoms with E-state index >= 15 is 0 Å². The molecule has 160 valence electrons. The lowest BCUT2D eigenvalue weighted by Crippen LogP contribution is -2.45. The number of benzene rings is 1. The van der Waals surface area contributed by atoms with E-state index < -0.39 is 0 Å². The topological polar surface area (TPSA) is 99.2 Å². The standard InChI is InChI=1S/C22H26N8O/c1-3-18-25-21(28-22(27-18)30-13-11-29(2)12-14-30)26-19-15-17(9-10-23-19)24-20(31)16-7-5-4-6-8-16/h4-10,15H,3,11-14H2,1-2H3,(H2,23,24,25,26,27,28,31). The van der Waals surface area contributed by atoms with Gasteiger partial charge in [-0.15, -0.1) is 0 Å². The number of pyridine rings is 1. The maximum atomic E-state index is 12.4. The minimum absolute atomic E-state index is 0.177. The van der Waals surface area contributed by atoms with Gasteiger partial charge in [0.2, 0.25) is 11.9 Å². The number of amides is 1. The first kappa shape index (κ1) is 20.7. The van der Waals surface area contributed by atoms with Crippen molar-refractivity contribution in [2.45, 2.75) is 13.3 Å². The summed E-state index contributed by atoms with van der Waals surface area (Å²) in [6.45, 7) is 5.72. The minimum atomic E-state index is -0.177. The van der Waals surface area contributed by atoms with Gasteiger partial charge in [-0.2, -0.15) is 15.0 Å². The number of aryl methyl sites for hydroxylation is 1. The molecule has 0 atom stereocenters. The first-order valence-corrected chi connectivity index (χ1v) is 10.4. The number of carbonyl (C=O) groups is 1. The van der Waals surface area contributed by atoms with Crippen LogP contribution in [0.4, 0.5) is 23.4 Å². The van der Waals surface area contributed by atoms with Crippen molar-refractivity contribution in [1.29, 1.82) is 0 Å². The zero-order valence-corrected chi connectivity index (χ0v) is 17.7. The molecule has 1 aromatic carbocycles. The van der Waals surface area contributed by atoms with Crippen molar-refractivity contribution in [2.75, 3.05) is 48.8 Å². The van der Waals surface area contributed by atoms with Crippen molar-refractivity contribution in [3.8, 4) is 0 Å². The number of piperazine rings is 1. The second kappa shape index (κ2) is 9.48. The second-order valence-electron chi connectivity index (χ2n) is 7.39. The highest BCUT2D eigenvalue weighted by atomic mass is 16.1. The third-order valence-corrected chi connectivity index (χ3v) is 5.07. The molecule has 1 aliphatic heterocycles. The molecule has 1 aliphatic rings. The van der Waals surface area contributed by atoms with Crippen molar-refractivity contribution >= 4 is 29.3 Å². The van der Waals surface area contributed by atoms with E-state index in [9.17, 15) is 4.79 Å². The third kappa shape index (κ3) is 5.32. The highest BCUT2D eigenvalue weighted by Gasteiger charge is 2.18. The molecule has 2 N–H and O–H groups in total. The molecule has 3 heterocycles. The van der Waals surface area contributed by atoms with E-state index in [1.165, 1.54) is 0 Å². The Labute approximate surface area is 181 Å². The zero-order valence-electron chi connectivity index (χ0n) is 17.7. The van der Waals surface area contributed by atoms with Gasteiger partial charge in [-0.05, 0) is 25.2 Å². The number of nitrogens with one attached hydrogen (secondary N) is 2. The van der Waals surface area contributed by atoms with E-state index in [0.717, 1.165) is 32.0 Å². The summed E-state index contributed by atoms with van der Waals surface area (Å²) in [5.74, 6) is 2.21. The number of nitrogens with zero attached hydrogens (tertiary/aromatic N) is 6. The molecule has 1 amide bonds. The van der Waals surface area contributed by atoms with Crippen LogP contribution in [0.25, 0.3) is 0 Å². The normalized spacial score (nSPS) is 14.3. The Bertz CT molecular complexity index is 1030. The summed E-state index contributed by atoms with van der Waals surface area (Å²) >= 11 is 0. The van der Waals surface area contributed by atoms with Crippen LogP contribution in [0.2, 0.25) is 0 Å². The average Bonchev–Trinajstić information content (AvgIpc) is 2.80. The van der Waals surface area contributed by atoms with E-state index in [2.05, 4.69) is 47.4 Å². The van der Waals surface area contributed by atoms with Crippen molar-refractivity contribution in [1.82, 2.24) is 24.8 Å². The molecule has 9 nitrogen and oxygen atoms in total. The Morgan fingerprint density at radius 2 is 1.81 bits per heavy atom. The molecule has 0 unspecified atom stereocenters. The first-order chi connectivity index (χ1) is 15.1. The lowest BCUT2D eigenvalue weighted by Gasteiger charge is -2.32. The van der Waals surface area contributed by atoms with Crippen molar-refractivity contribution in [2.24, 2.45) is 0 Å². The number of likely N-dealkylation sites (N-methyl/N-ethyl adjacent to an activating group) is 1. The molecule has 2 aromatic heterocycles. The van der Waals surface area contributed by atoms with Crippen LogP contribution in [0.1, 0.15) is 23.1 Å². The molecule has 0 bridgehead atoms. The van der Waals surface area contributed by atoms with Crippen LogP contribution in [0.15, 0.2) is 48.7 Å². The fraction of sp³-hybridized carbons (Fsp3) is 0.318. The van der Waals surface area contributed by atoms with Crippen LogP contribution >= 0.6 is 0 Å². The van der Waals surface area contributed by atoms with Gasteiger partial charge >= 0.3 is 0 Å². The number of hydrogen-bond acceptors (Lipinski definition) is 8. The fourth-order valence-electron chi connectivity index (χ4n) is 3.25. The number of carbonyl (C=O) groups excluding carboxylic acids is 1. The highest BCUT2D eigenvalue weighted by molar-refractivity contribution is 6.04. The predicted molar refractivity (Wildman–Crippen MR) is 121 cm³/mol. The molecule has 0 saturated carbocycles. The van der Waals surface area contributed by atoms with Gasteiger partial charge in [0.25, 0.3) is 5.91 Å². The average molecular weight is 419 g/mol. The van der Waals surface area contributed by atoms with Gasteiger partial charge in [0.1, 0.15) is 11.6 Å². The highest BCUT2D eigenvalue weighted by Crippen LogP contribution is 2.19. The summed E-state index contributed by atoms with van der Waals surface area (Å²) in [5, 5.41) is 6.05. The van der Waals surface area contributed by atoms with E-state index in [1.54, 1.807) is 30.5 Å². The summed E-state index contributed by atoms with van der Waals surface area (Å²) in [5.41, 5.74) is 1.23. The van der Waals surface area contributed by atoms with Crippen molar-refractivity contribution in [3.63, 3.8) is 0 Å². The monoisotopic (exact) mass is 418 g/mol. The number of aromatic nitrogens is 4. The number of anilines is 4. The van der Waals surface area contributed by atoms with Gasteiger partial charge in [-0.1, -0.05) is 25.1 Å². The van der Waals surface area contributed by atoms with E-state index in [0.29, 0.717) is 35.4 Å². The van der Waals surface area contributed by atoms with Crippen LogP contribution in [-0.4, -0.2) is 64.0 Å². The van der Waals surface area contributed by atoms with E-state index in [-0.39, 0.29) is 5.91 Å². The zero-order chi connectivity index (χ0) is 21.6. The molecule has 0 radical (unpaired) electrons. The second-order valence-corrected chi connectivity index (χ2v) is 7.39. The van der Waals surface area contributed by atoms with Gasteiger partial charge in [0.05, 0.1) is 0 Å². The van der Waals surface area contributed by atoms with Gasteiger partial charge in [-0.3, -0.25) is 4.79 Å². The molecule has 4 rings (SSSR count). The lowest BCUT2D eigenvalue weighted by molar-refractivity contribution is 0.102. The molecular weight excluding hydrogens is 392 g/mol. The first-order valence-electron chi connectivity index (χ1n) is 10.4. The van der Waals surface area contributed by atoms with Crippen LogP contribution in [0.3, 0.4) is 0 Å². The summed E-state index contributed by atoms with van der Waals surface area (Å²) in [7, 11) is 2.12. The van der Waals surface area contributed by atoms with Crippen LogP contribution in [0, 0.1) is 0 Å². The summed E-state index contributed by atoms with van der Waals surface area (Å²) in [4.78, 5) is 34.9. The maximum Gasteiger partial charge on any atom is 0.255 e. The quantitative estimate of drug-likeness (QED) is 0.630. The summed E-state index contributed by atoms with van der Waals surface area (Å²) in [6, 6.07) is 12.6. The van der Waals surface area contributed by atoms with Gasteiger partial charge in [0, 0.05) is 56.1 Å². The van der Waals surface area contributed by atoms with Crippen LogP contribution in [-0.2, 0) is 6.42 Å². The lowest BCUT2D eigenvalue weighted by atomic mass is 10.2. The smallest absolute Gasteiger partial charge is 0.255 e. The maximum absolute atomic E-state index is 12.4. The Hall–Kier alpha value is -3.59. The third-order valence-electron chi connectivity index (χ3n) is 5.07. The summed E-state index contributed by atoms with van der Waals surface area (Å²) < 4.78 is 0. The molecule has 3 aromatic rings. The van der Waals surface area contributed by atoms with Gasteiger partial charge in [-0.25, -0.2) is 4.98 Å². The van der Waals surface area contributed by atoms with E-state index in [4.69, 9.17) is 0 Å². The van der Waals surface area contributed by atoms with Crippen molar-refractivity contribution < 1.29 is 4.79 Å². The Kier molecular flexibility index (Phi) is 6.32. The number of hydrogen-bond donors (Lipinski definition) is 2. The van der Waals surface area contributed by atoms with E-state index in [1.807, 2.05) is 25.1 Å². The van der Waals surface area contributed by atoms with Crippen LogP contribution < -0.4 is 15.5 Å². The fourth-order valence-corrected chi connectivity index (χ4v) is 3.25. The minimum Gasteiger partial charge on any atom is -0.338 e. The number of rotatable bonds is 6. The SMILES string of the molecule is CCc1nc(Nc2cc(NC(=O)c3ccccc3)ccn2)nc(N2CCN(C)CC2)n1. The molecule has 1 saturated heterocycles. The predicted octanol–water partition coefficient (Wildman–Crippen LogP) is 2.58. The van der Waals surface area contributed by atoms with Crippen molar-refractivity contribution in [3.05, 3.63) is 60.0 Å². The molecular formula is C22H26N8O. The molecule has 0 spiro atoms. The molecule has 9 heteroatoms. The Balaban J connectivity index is 1.50. The summed E-state index contributed by atoms with van der Waals surface area (Å²) in [6.07, 6.45) is 2.34. The van der Waals surface area contributed by atoms with Crippen LogP contribution in [0.5, 0.6) is 0 Å². The largest absolute Gasteiger partial charge is 0.338 e.